The zero-order valence-corrected chi connectivity index (χ0v) is 10.5. The van der Waals surface area contributed by atoms with Crippen molar-refractivity contribution in [2.75, 3.05) is 20.3 Å². The van der Waals surface area contributed by atoms with Gasteiger partial charge in [-0.3, -0.25) is 0 Å². The van der Waals surface area contributed by atoms with E-state index < -0.39 is 12.8 Å². The molecule has 1 N–H and O–H groups in total. The van der Waals surface area contributed by atoms with E-state index in [1.165, 1.54) is 12.8 Å². The predicted octanol–water partition coefficient (Wildman–Crippen LogP) is 2.98. The molecule has 0 radical (unpaired) electrons. The van der Waals surface area contributed by atoms with Gasteiger partial charge in [0.05, 0.1) is 0 Å². The van der Waals surface area contributed by atoms with Crippen molar-refractivity contribution in [1.82, 2.24) is 5.32 Å². The van der Waals surface area contributed by atoms with E-state index in [-0.39, 0.29) is 6.61 Å². The normalized spacial score (nSPS) is 29.8. The molecular formula is C12H22F3NO. The van der Waals surface area contributed by atoms with E-state index in [1.807, 2.05) is 7.05 Å². The van der Waals surface area contributed by atoms with Crippen LogP contribution in [-0.2, 0) is 4.74 Å². The monoisotopic (exact) mass is 253 g/mol. The molecule has 0 heterocycles. The van der Waals surface area contributed by atoms with Crippen molar-refractivity contribution in [2.45, 2.75) is 44.8 Å². The summed E-state index contributed by atoms with van der Waals surface area (Å²) in [5.41, 5.74) is 0. The third-order valence-electron chi connectivity index (χ3n) is 3.73. The summed E-state index contributed by atoms with van der Waals surface area (Å²) >= 11 is 0. The molecule has 1 rings (SSSR count). The summed E-state index contributed by atoms with van der Waals surface area (Å²) in [7, 11) is 1.97. The van der Waals surface area contributed by atoms with Crippen LogP contribution in [0.4, 0.5) is 13.2 Å². The Kier molecular flexibility index (Phi) is 5.73. The predicted molar refractivity (Wildman–Crippen MR) is 60.8 cm³/mol. The first-order valence-electron chi connectivity index (χ1n) is 6.26. The minimum atomic E-state index is -4.20. The number of hydrogen-bond acceptors (Lipinski definition) is 2. The molecule has 1 saturated carbocycles. The van der Waals surface area contributed by atoms with Gasteiger partial charge in [-0.25, -0.2) is 0 Å². The van der Waals surface area contributed by atoms with Gasteiger partial charge in [0.1, 0.15) is 6.61 Å². The fraction of sp³-hybridized carbons (Fsp3) is 1.00. The second-order valence-corrected chi connectivity index (χ2v) is 4.90. The average Bonchev–Trinajstić information content (AvgIpc) is 2.58. The molecule has 2 nitrogen and oxygen atoms in total. The minimum absolute atomic E-state index is 0.215. The minimum Gasteiger partial charge on any atom is -0.372 e. The second kappa shape index (κ2) is 6.59. The summed E-state index contributed by atoms with van der Waals surface area (Å²) < 4.78 is 40.0. The quantitative estimate of drug-likeness (QED) is 0.735. The maximum absolute atomic E-state index is 11.8. The first kappa shape index (κ1) is 14.8. The molecule has 1 fully saturated rings. The van der Waals surface area contributed by atoms with Crippen LogP contribution < -0.4 is 5.32 Å². The fourth-order valence-corrected chi connectivity index (χ4v) is 2.70. The topological polar surface area (TPSA) is 21.3 Å². The van der Waals surface area contributed by atoms with Crippen molar-refractivity contribution in [2.24, 2.45) is 11.8 Å². The first-order valence-corrected chi connectivity index (χ1v) is 6.26. The highest BCUT2D eigenvalue weighted by Crippen LogP contribution is 2.34. The molecule has 0 aromatic rings. The van der Waals surface area contributed by atoms with Gasteiger partial charge in [0.15, 0.2) is 0 Å². The highest BCUT2D eigenvalue weighted by molar-refractivity contribution is 4.85. The molecule has 102 valence electrons. The average molecular weight is 253 g/mol. The number of alkyl halides is 3. The first-order chi connectivity index (χ1) is 7.94. The molecular weight excluding hydrogens is 231 g/mol. The van der Waals surface area contributed by atoms with Crippen LogP contribution in [0, 0.1) is 11.8 Å². The van der Waals surface area contributed by atoms with Gasteiger partial charge >= 0.3 is 6.18 Å². The lowest BCUT2D eigenvalue weighted by Gasteiger charge is -2.20. The van der Waals surface area contributed by atoms with Crippen LogP contribution >= 0.6 is 0 Å². The lowest BCUT2D eigenvalue weighted by Crippen LogP contribution is -2.29. The number of hydrogen-bond donors (Lipinski definition) is 1. The highest BCUT2D eigenvalue weighted by Gasteiger charge is 2.31. The molecule has 3 atom stereocenters. The molecule has 1 aliphatic rings. The SMILES string of the molecule is CNC1CCC(CCCOCC(F)(F)F)C1C. The largest absolute Gasteiger partial charge is 0.411 e. The van der Waals surface area contributed by atoms with E-state index >= 15 is 0 Å². The molecule has 1 aliphatic carbocycles. The van der Waals surface area contributed by atoms with E-state index in [1.54, 1.807) is 0 Å². The van der Waals surface area contributed by atoms with E-state index in [0.29, 0.717) is 17.9 Å². The Morgan fingerprint density at radius 1 is 1.29 bits per heavy atom. The Bertz CT molecular complexity index is 220. The maximum Gasteiger partial charge on any atom is 0.411 e. The standard InChI is InChI=1S/C12H22F3NO/c1-9-10(5-6-11(9)16-2)4-3-7-17-8-12(13,14)15/h9-11,16H,3-8H2,1-2H3. The van der Waals surface area contributed by atoms with E-state index in [4.69, 9.17) is 0 Å². The third kappa shape index (κ3) is 5.25. The Morgan fingerprint density at radius 2 is 2.00 bits per heavy atom. The molecule has 0 aliphatic heterocycles. The van der Waals surface area contributed by atoms with Crippen molar-refractivity contribution < 1.29 is 17.9 Å². The molecule has 0 amide bonds. The molecule has 17 heavy (non-hydrogen) atoms. The molecule has 0 saturated heterocycles. The van der Waals surface area contributed by atoms with Gasteiger partial charge in [-0.15, -0.1) is 0 Å². The van der Waals surface area contributed by atoms with Gasteiger partial charge in [0, 0.05) is 12.6 Å². The summed E-state index contributed by atoms with van der Waals surface area (Å²) in [6.07, 6.45) is -0.158. The number of halogens is 3. The zero-order chi connectivity index (χ0) is 12.9. The van der Waals surface area contributed by atoms with Crippen LogP contribution in [0.2, 0.25) is 0 Å². The summed E-state index contributed by atoms with van der Waals surface area (Å²) in [4.78, 5) is 0. The Morgan fingerprint density at radius 3 is 2.53 bits per heavy atom. The molecule has 0 bridgehead atoms. The van der Waals surface area contributed by atoms with E-state index in [9.17, 15) is 13.2 Å². The summed E-state index contributed by atoms with van der Waals surface area (Å²) in [6, 6.07) is 0.566. The third-order valence-corrected chi connectivity index (χ3v) is 3.73. The van der Waals surface area contributed by atoms with Gasteiger partial charge in [0.2, 0.25) is 0 Å². The van der Waals surface area contributed by atoms with E-state index in [0.717, 1.165) is 12.8 Å². The van der Waals surface area contributed by atoms with Gasteiger partial charge < -0.3 is 10.1 Å². The van der Waals surface area contributed by atoms with E-state index in [2.05, 4.69) is 17.0 Å². The van der Waals surface area contributed by atoms with Gasteiger partial charge in [-0.05, 0) is 44.6 Å². The lowest BCUT2D eigenvalue weighted by molar-refractivity contribution is -0.174. The van der Waals surface area contributed by atoms with Crippen molar-refractivity contribution >= 4 is 0 Å². The second-order valence-electron chi connectivity index (χ2n) is 4.90. The van der Waals surface area contributed by atoms with Crippen LogP contribution in [-0.4, -0.2) is 32.5 Å². The summed E-state index contributed by atoms with van der Waals surface area (Å²) in [5.74, 6) is 1.24. The van der Waals surface area contributed by atoms with Gasteiger partial charge in [-0.2, -0.15) is 13.2 Å². The Hall–Kier alpha value is -0.290. The smallest absolute Gasteiger partial charge is 0.372 e. The van der Waals surface area contributed by atoms with Crippen LogP contribution in [0.25, 0.3) is 0 Å². The lowest BCUT2D eigenvalue weighted by atomic mass is 9.92. The van der Waals surface area contributed by atoms with Crippen molar-refractivity contribution in [3.05, 3.63) is 0 Å². The molecule has 0 spiro atoms. The molecule has 0 aromatic carbocycles. The van der Waals surface area contributed by atoms with Gasteiger partial charge in [-0.1, -0.05) is 6.92 Å². The van der Waals surface area contributed by atoms with Crippen molar-refractivity contribution in [1.29, 1.82) is 0 Å². The van der Waals surface area contributed by atoms with Crippen LogP contribution in [0.3, 0.4) is 0 Å². The van der Waals surface area contributed by atoms with Gasteiger partial charge in [0.25, 0.3) is 0 Å². The Labute approximate surface area is 101 Å². The number of ether oxygens (including phenoxy) is 1. The maximum atomic E-state index is 11.8. The number of rotatable bonds is 6. The van der Waals surface area contributed by atoms with Crippen LogP contribution in [0.5, 0.6) is 0 Å². The van der Waals surface area contributed by atoms with Crippen LogP contribution in [0.1, 0.15) is 32.6 Å². The molecule has 0 aromatic heterocycles. The molecule has 3 unspecified atom stereocenters. The highest BCUT2D eigenvalue weighted by atomic mass is 19.4. The zero-order valence-electron chi connectivity index (χ0n) is 10.5. The summed E-state index contributed by atoms with van der Waals surface area (Å²) in [5, 5.41) is 3.29. The van der Waals surface area contributed by atoms with Crippen molar-refractivity contribution in [3.63, 3.8) is 0 Å². The number of nitrogens with one attached hydrogen (secondary N) is 1. The van der Waals surface area contributed by atoms with Crippen LogP contribution in [0.15, 0.2) is 0 Å². The fourth-order valence-electron chi connectivity index (χ4n) is 2.70. The molecule has 5 heteroatoms. The summed E-state index contributed by atoms with van der Waals surface area (Å²) in [6.45, 7) is 1.31. The Balaban J connectivity index is 2.08. The van der Waals surface area contributed by atoms with Crippen molar-refractivity contribution in [3.8, 4) is 0 Å².